The van der Waals surface area contributed by atoms with Gasteiger partial charge in [0.1, 0.15) is 17.2 Å². The maximum Gasteiger partial charge on any atom is 0.217 e. The summed E-state index contributed by atoms with van der Waals surface area (Å²) >= 11 is 1.56. The number of aromatic nitrogens is 3. The van der Waals surface area contributed by atoms with Crippen LogP contribution in [0.3, 0.4) is 0 Å². The average Bonchev–Trinajstić information content (AvgIpc) is 3.55. The van der Waals surface area contributed by atoms with Crippen molar-refractivity contribution < 1.29 is 9.26 Å². The summed E-state index contributed by atoms with van der Waals surface area (Å²) in [6, 6.07) is 4.60. The van der Waals surface area contributed by atoms with Crippen molar-refractivity contribution in [1.82, 2.24) is 20.0 Å². The monoisotopic (exact) mass is 504 g/mol. The molecular weight excluding hydrogens is 472 g/mol. The first-order valence-electron chi connectivity index (χ1n) is 13.0. The first-order chi connectivity index (χ1) is 17.5. The Morgan fingerprint density at radius 3 is 2.94 bits per heavy atom. The molecule has 188 valence electrons. The van der Waals surface area contributed by atoms with E-state index < -0.39 is 0 Å². The first-order valence-corrected chi connectivity index (χ1v) is 13.8. The molecule has 2 N–H and O–H groups in total. The van der Waals surface area contributed by atoms with Gasteiger partial charge in [-0.05, 0) is 77.4 Å². The van der Waals surface area contributed by atoms with Gasteiger partial charge in [0.2, 0.25) is 5.88 Å². The molecule has 36 heavy (non-hydrogen) atoms. The molecule has 0 aromatic carbocycles. The SMILES string of the molecule is C[C@H](Oc1ccnc(-c2noc3c2CCCCC32CCCc3sc(N)c(C#N)c32)n1)[C@@H]1CCCN1C. The molecule has 2 aliphatic carbocycles. The molecule has 3 aliphatic rings. The number of hydrogen-bond donors (Lipinski definition) is 1. The number of likely N-dealkylation sites (N-methyl/N-ethyl adjacent to an activating group) is 1. The smallest absolute Gasteiger partial charge is 0.217 e. The van der Waals surface area contributed by atoms with E-state index in [0.29, 0.717) is 34.0 Å². The normalized spacial score (nSPS) is 24.6. The van der Waals surface area contributed by atoms with Crippen molar-refractivity contribution in [3.8, 4) is 23.5 Å². The number of aryl methyl sites for hydroxylation is 1. The van der Waals surface area contributed by atoms with Gasteiger partial charge < -0.3 is 15.0 Å². The summed E-state index contributed by atoms with van der Waals surface area (Å²) in [5, 5.41) is 15.1. The fourth-order valence-electron chi connectivity index (χ4n) is 6.70. The molecule has 0 saturated carbocycles. The van der Waals surface area contributed by atoms with Crippen LogP contribution in [0.4, 0.5) is 5.00 Å². The highest BCUT2D eigenvalue weighted by atomic mass is 32.1. The fraction of sp³-hybridized carbons (Fsp3) is 0.556. The molecule has 3 atom stereocenters. The third-order valence-corrected chi connectivity index (χ3v) is 9.46. The van der Waals surface area contributed by atoms with Gasteiger partial charge >= 0.3 is 0 Å². The quantitative estimate of drug-likeness (QED) is 0.536. The van der Waals surface area contributed by atoms with Gasteiger partial charge in [0, 0.05) is 28.7 Å². The largest absolute Gasteiger partial charge is 0.473 e. The molecule has 1 fully saturated rings. The summed E-state index contributed by atoms with van der Waals surface area (Å²) in [7, 11) is 2.15. The van der Waals surface area contributed by atoms with Crippen LogP contribution in [0.25, 0.3) is 11.5 Å². The molecule has 0 bridgehead atoms. The lowest BCUT2D eigenvalue weighted by atomic mass is 9.66. The Labute approximate surface area is 215 Å². The molecule has 9 heteroatoms. The number of fused-ring (bicyclic) bond motifs is 4. The minimum absolute atomic E-state index is 0.0343. The molecule has 0 amide bonds. The van der Waals surface area contributed by atoms with Crippen molar-refractivity contribution in [3.63, 3.8) is 0 Å². The highest BCUT2D eigenvalue weighted by Gasteiger charge is 2.47. The average molecular weight is 505 g/mol. The van der Waals surface area contributed by atoms with Crippen molar-refractivity contribution in [3.05, 3.63) is 39.6 Å². The maximum atomic E-state index is 9.97. The van der Waals surface area contributed by atoms with Crippen LogP contribution in [0.2, 0.25) is 0 Å². The van der Waals surface area contributed by atoms with Crippen LogP contribution in [-0.4, -0.2) is 45.8 Å². The van der Waals surface area contributed by atoms with Gasteiger partial charge in [-0.3, -0.25) is 4.90 Å². The van der Waals surface area contributed by atoms with Crippen LogP contribution in [0, 0.1) is 11.3 Å². The highest BCUT2D eigenvalue weighted by molar-refractivity contribution is 7.16. The van der Waals surface area contributed by atoms with E-state index in [4.69, 9.17) is 20.0 Å². The summed E-state index contributed by atoms with van der Waals surface area (Å²) in [6.45, 7) is 3.21. The number of hydrogen-bond acceptors (Lipinski definition) is 9. The van der Waals surface area contributed by atoms with E-state index in [-0.39, 0.29) is 11.5 Å². The first kappa shape index (κ1) is 23.4. The topological polar surface area (TPSA) is 114 Å². The number of likely N-dealkylation sites (tertiary alicyclic amines) is 1. The third kappa shape index (κ3) is 3.70. The predicted octanol–water partition coefficient (Wildman–Crippen LogP) is 4.86. The molecule has 1 aliphatic heterocycles. The summed E-state index contributed by atoms with van der Waals surface area (Å²) in [6.07, 6.45) is 10.9. The van der Waals surface area contributed by atoms with E-state index >= 15 is 0 Å². The zero-order chi connectivity index (χ0) is 24.9. The number of nitriles is 1. The second kappa shape index (κ2) is 9.16. The second-order valence-corrected chi connectivity index (χ2v) is 11.6. The van der Waals surface area contributed by atoms with Crippen molar-refractivity contribution in [2.45, 2.75) is 82.3 Å². The van der Waals surface area contributed by atoms with Gasteiger partial charge in [0.25, 0.3) is 0 Å². The van der Waals surface area contributed by atoms with Crippen molar-refractivity contribution in [2.24, 2.45) is 0 Å². The highest BCUT2D eigenvalue weighted by Crippen LogP contribution is 2.54. The van der Waals surface area contributed by atoms with Gasteiger partial charge in [-0.25, -0.2) is 4.98 Å². The molecule has 0 radical (unpaired) electrons. The number of anilines is 1. The second-order valence-electron chi connectivity index (χ2n) is 10.5. The van der Waals surface area contributed by atoms with Gasteiger partial charge in [0.15, 0.2) is 17.3 Å². The number of thiophene rings is 1. The molecule has 3 aromatic rings. The molecule has 6 rings (SSSR count). The lowest BCUT2D eigenvalue weighted by Crippen LogP contribution is -2.38. The zero-order valence-corrected chi connectivity index (χ0v) is 21.7. The van der Waals surface area contributed by atoms with Gasteiger partial charge in [-0.2, -0.15) is 10.2 Å². The van der Waals surface area contributed by atoms with Crippen molar-refractivity contribution in [1.29, 1.82) is 5.26 Å². The van der Waals surface area contributed by atoms with Gasteiger partial charge in [-0.1, -0.05) is 11.6 Å². The Kier molecular flexibility index (Phi) is 5.97. The fourth-order valence-corrected chi connectivity index (χ4v) is 7.86. The van der Waals surface area contributed by atoms with Crippen LogP contribution >= 0.6 is 11.3 Å². The van der Waals surface area contributed by atoms with Crippen molar-refractivity contribution >= 4 is 16.3 Å². The number of ether oxygens (including phenoxy) is 1. The molecule has 3 aromatic heterocycles. The van der Waals surface area contributed by atoms with Crippen LogP contribution in [0.5, 0.6) is 5.88 Å². The molecule has 1 unspecified atom stereocenters. The third-order valence-electron chi connectivity index (χ3n) is 8.38. The van der Waals surface area contributed by atoms with Crippen LogP contribution in [0.1, 0.15) is 79.2 Å². The molecule has 1 spiro atoms. The predicted molar refractivity (Wildman–Crippen MR) is 138 cm³/mol. The van der Waals surface area contributed by atoms with E-state index in [2.05, 4.69) is 35.1 Å². The number of rotatable bonds is 4. The minimum atomic E-state index is -0.362. The maximum absolute atomic E-state index is 9.97. The number of nitrogen functional groups attached to an aromatic ring is 1. The molecule has 8 nitrogen and oxygen atoms in total. The van der Waals surface area contributed by atoms with E-state index in [0.717, 1.165) is 74.8 Å². The van der Waals surface area contributed by atoms with E-state index in [1.54, 1.807) is 17.5 Å². The van der Waals surface area contributed by atoms with E-state index in [1.165, 1.54) is 11.3 Å². The standard InChI is InChI=1S/C27H32N6O2S/c1-16(19-8-6-14-33(19)2)34-21-10-13-30-26(31-21)23-17-7-3-4-11-27(24(17)35-32-23)12-5-9-20-22(27)18(15-28)25(29)36-20/h10,13,16,19H,3-9,11-12,14,29H2,1-2H3/t16-,19-,27?/m0/s1. The number of nitrogens with two attached hydrogens (primary N) is 1. The van der Waals surface area contributed by atoms with Crippen molar-refractivity contribution in [2.75, 3.05) is 19.3 Å². The van der Waals surface area contributed by atoms with Crippen LogP contribution in [0.15, 0.2) is 16.8 Å². The summed E-state index contributed by atoms with van der Waals surface area (Å²) in [5.74, 6) is 1.97. The molecular formula is C27H32N6O2S. The summed E-state index contributed by atoms with van der Waals surface area (Å²) < 4.78 is 12.4. The molecule has 1 saturated heterocycles. The Morgan fingerprint density at radius 1 is 1.28 bits per heavy atom. The minimum Gasteiger partial charge on any atom is -0.473 e. The van der Waals surface area contributed by atoms with Crippen LogP contribution < -0.4 is 10.5 Å². The Morgan fingerprint density at radius 2 is 2.14 bits per heavy atom. The van der Waals surface area contributed by atoms with E-state index in [1.807, 2.05) is 6.07 Å². The molecule has 4 heterocycles. The van der Waals surface area contributed by atoms with Gasteiger partial charge in [0.05, 0.1) is 11.0 Å². The Hall–Kier alpha value is -2.96. The van der Waals surface area contributed by atoms with Crippen LogP contribution in [-0.2, 0) is 18.3 Å². The Bertz CT molecular complexity index is 1330. The lowest BCUT2D eigenvalue weighted by molar-refractivity contribution is 0.117. The number of nitrogens with zero attached hydrogens (tertiary/aromatic N) is 5. The lowest BCUT2D eigenvalue weighted by Gasteiger charge is -2.35. The van der Waals surface area contributed by atoms with E-state index in [9.17, 15) is 5.26 Å². The summed E-state index contributed by atoms with van der Waals surface area (Å²) in [4.78, 5) is 12.9. The summed E-state index contributed by atoms with van der Waals surface area (Å²) in [5.41, 5.74) is 9.40. The Balaban J connectivity index is 1.38. The zero-order valence-electron chi connectivity index (χ0n) is 20.9. The van der Waals surface area contributed by atoms with Gasteiger partial charge in [-0.15, -0.1) is 11.3 Å².